The van der Waals surface area contributed by atoms with Crippen LogP contribution in [0.15, 0.2) is 24.3 Å². The van der Waals surface area contributed by atoms with Gasteiger partial charge in [-0.2, -0.15) is 0 Å². The second kappa shape index (κ2) is 7.68. The smallest absolute Gasteiger partial charge is 0.241 e. The summed E-state index contributed by atoms with van der Waals surface area (Å²) < 4.78 is 0. The van der Waals surface area contributed by atoms with E-state index in [1.165, 1.54) is 6.92 Å². The van der Waals surface area contributed by atoms with Crippen LogP contribution in [0.2, 0.25) is 0 Å². The van der Waals surface area contributed by atoms with Crippen LogP contribution in [-0.4, -0.2) is 17.9 Å². The molecule has 4 N–H and O–H groups in total. The van der Waals surface area contributed by atoms with Gasteiger partial charge in [-0.1, -0.05) is 13.0 Å². The summed E-state index contributed by atoms with van der Waals surface area (Å²) >= 11 is 0. The Hall–Kier alpha value is -1.59. The summed E-state index contributed by atoms with van der Waals surface area (Å²) in [6, 6.07) is 6.40. The van der Waals surface area contributed by atoms with Crippen molar-refractivity contribution >= 4 is 35.6 Å². The van der Waals surface area contributed by atoms with Gasteiger partial charge in [0.25, 0.3) is 0 Å². The van der Waals surface area contributed by atoms with Crippen molar-refractivity contribution in [2.24, 2.45) is 5.73 Å². The molecular weight excluding hydrogens is 254 g/mol. The number of benzene rings is 1. The highest BCUT2D eigenvalue weighted by atomic mass is 35.5. The minimum absolute atomic E-state index is 0. The molecule has 0 fully saturated rings. The van der Waals surface area contributed by atoms with E-state index in [2.05, 4.69) is 10.6 Å². The van der Waals surface area contributed by atoms with Gasteiger partial charge in [-0.3, -0.25) is 9.59 Å². The minimum atomic E-state index is -0.514. The first-order chi connectivity index (χ1) is 8.02. The molecule has 1 rings (SSSR count). The molecule has 1 atom stereocenters. The summed E-state index contributed by atoms with van der Waals surface area (Å²) in [5.74, 6) is -0.383. The fraction of sp³-hybridized carbons (Fsp3) is 0.333. The Morgan fingerprint density at radius 2 is 1.83 bits per heavy atom. The lowest BCUT2D eigenvalue weighted by Gasteiger charge is -2.11. The predicted octanol–water partition coefficient (Wildman–Crippen LogP) is 1.74. The first kappa shape index (κ1) is 16.4. The van der Waals surface area contributed by atoms with Crippen molar-refractivity contribution < 1.29 is 9.59 Å². The standard InChI is InChI=1S/C12H17N3O2.ClH/c1-3-11(13)12(17)15-10-6-4-5-9(7-10)14-8(2)16;/h4-7,11H,3,13H2,1-2H3,(H,14,16)(H,15,17);1H/t11-;/m0./s1. The monoisotopic (exact) mass is 271 g/mol. The highest BCUT2D eigenvalue weighted by molar-refractivity contribution is 5.96. The molecule has 1 aromatic carbocycles. The van der Waals surface area contributed by atoms with Gasteiger partial charge in [-0.05, 0) is 24.6 Å². The van der Waals surface area contributed by atoms with E-state index in [1.807, 2.05) is 6.92 Å². The van der Waals surface area contributed by atoms with Gasteiger partial charge in [0.1, 0.15) is 0 Å². The third-order valence-electron chi connectivity index (χ3n) is 2.23. The van der Waals surface area contributed by atoms with E-state index in [9.17, 15) is 9.59 Å². The van der Waals surface area contributed by atoms with E-state index < -0.39 is 6.04 Å². The molecule has 0 aliphatic heterocycles. The number of nitrogens with one attached hydrogen (secondary N) is 2. The zero-order chi connectivity index (χ0) is 12.8. The maximum absolute atomic E-state index is 11.6. The molecule has 5 nitrogen and oxygen atoms in total. The van der Waals surface area contributed by atoms with Crippen LogP contribution < -0.4 is 16.4 Å². The third-order valence-corrected chi connectivity index (χ3v) is 2.23. The molecule has 0 aromatic heterocycles. The molecule has 18 heavy (non-hydrogen) atoms. The molecule has 6 heteroatoms. The average molecular weight is 272 g/mol. The molecule has 0 bridgehead atoms. The predicted molar refractivity (Wildman–Crippen MR) is 74.9 cm³/mol. The second-order valence-electron chi connectivity index (χ2n) is 3.77. The number of nitrogens with two attached hydrogens (primary N) is 1. The Morgan fingerprint density at radius 3 is 2.33 bits per heavy atom. The largest absolute Gasteiger partial charge is 0.326 e. The molecule has 0 aliphatic carbocycles. The van der Waals surface area contributed by atoms with Gasteiger partial charge in [-0.15, -0.1) is 12.4 Å². The molecule has 0 aliphatic rings. The van der Waals surface area contributed by atoms with Crippen LogP contribution in [0.1, 0.15) is 20.3 Å². The van der Waals surface area contributed by atoms with Crippen LogP contribution in [0.4, 0.5) is 11.4 Å². The lowest BCUT2D eigenvalue weighted by Crippen LogP contribution is -2.34. The van der Waals surface area contributed by atoms with Crippen LogP contribution in [0.25, 0.3) is 0 Å². The number of hydrogen-bond donors (Lipinski definition) is 3. The van der Waals surface area contributed by atoms with Crippen molar-refractivity contribution in [3.8, 4) is 0 Å². The normalized spacial score (nSPS) is 11.1. The van der Waals surface area contributed by atoms with Gasteiger partial charge in [0.05, 0.1) is 6.04 Å². The first-order valence-electron chi connectivity index (χ1n) is 5.47. The number of carbonyl (C=O) groups is 2. The maximum atomic E-state index is 11.6. The topological polar surface area (TPSA) is 84.2 Å². The Balaban J connectivity index is 0.00000289. The highest BCUT2D eigenvalue weighted by Crippen LogP contribution is 2.15. The minimum Gasteiger partial charge on any atom is -0.326 e. The fourth-order valence-corrected chi connectivity index (χ4v) is 1.30. The van der Waals surface area contributed by atoms with Crippen molar-refractivity contribution in [3.63, 3.8) is 0 Å². The van der Waals surface area contributed by atoms with Crippen LogP contribution in [0.3, 0.4) is 0 Å². The van der Waals surface area contributed by atoms with Crippen molar-refractivity contribution in [2.75, 3.05) is 10.6 Å². The molecule has 2 amide bonds. The number of rotatable bonds is 4. The van der Waals surface area contributed by atoms with E-state index in [0.29, 0.717) is 17.8 Å². The van der Waals surface area contributed by atoms with Crippen molar-refractivity contribution in [2.45, 2.75) is 26.3 Å². The van der Waals surface area contributed by atoms with Gasteiger partial charge < -0.3 is 16.4 Å². The van der Waals surface area contributed by atoms with Crippen LogP contribution in [0, 0.1) is 0 Å². The van der Waals surface area contributed by atoms with E-state index in [0.717, 1.165) is 0 Å². The number of amides is 2. The highest BCUT2D eigenvalue weighted by Gasteiger charge is 2.10. The fourth-order valence-electron chi connectivity index (χ4n) is 1.30. The molecule has 100 valence electrons. The molecule has 1 aromatic rings. The van der Waals surface area contributed by atoms with E-state index in [4.69, 9.17) is 5.73 Å². The van der Waals surface area contributed by atoms with Gasteiger partial charge in [0.2, 0.25) is 11.8 Å². The number of hydrogen-bond acceptors (Lipinski definition) is 3. The summed E-state index contributed by atoms with van der Waals surface area (Å²) in [6.07, 6.45) is 0.581. The van der Waals surface area contributed by atoms with Crippen molar-refractivity contribution in [3.05, 3.63) is 24.3 Å². The zero-order valence-electron chi connectivity index (χ0n) is 10.4. The summed E-state index contributed by atoms with van der Waals surface area (Å²) in [5.41, 5.74) is 6.86. The molecule has 0 radical (unpaired) electrons. The van der Waals surface area contributed by atoms with Gasteiger partial charge in [0, 0.05) is 18.3 Å². The molecule has 0 saturated heterocycles. The van der Waals surface area contributed by atoms with E-state index in [1.54, 1.807) is 24.3 Å². The van der Waals surface area contributed by atoms with Crippen LogP contribution in [0.5, 0.6) is 0 Å². The molecular formula is C12H18ClN3O2. The molecule has 0 saturated carbocycles. The number of carbonyl (C=O) groups excluding carboxylic acids is 2. The SMILES string of the molecule is CC[C@H](N)C(=O)Nc1cccc(NC(C)=O)c1.Cl. The second-order valence-corrected chi connectivity index (χ2v) is 3.77. The van der Waals surface area contributed by atoms with E-state index in [-0.39, 0.29) is 24.2 Å². The Morgan fingerprint density at radius 1 is 1.28 bits per heavy atom. The summed E-state index contributed by atoms with van der Waals surface area (Å²) in [5, 5.41) is 5.33. The lowest BCUT2D eigenvalue weighted by atomic mass is 10.2. The van der Waals surface area contributed by atoms with Crippen LogP contribution in [-0.2, 0) is 9.59 Å². The number of halogens is 1. The Bertz CT molecular complexity index is 424. The first-order valence-corrected chi connectivity index (χ1v) is 5.47. The lowest BCUT2D eigenvalue weighted by molar-refractivity contribution is -0.117. The molecule has 0 unspecified atom stereocenters. The Kier molecular flexibility index (Phi) is 7.00. The number of anilines is 2. The van der Waals surface area contributed by atoms with E-state index >= 15 is 0 Å². The van der Waals surface area contributed by atoms with Gasteiger partial charge in [-0.25, -0.2) is 0 Å². The third kappa shape index (κ3) is 5.16. The summed E-state index contributed by atoms with van der Waals surface area (Å²) in [7, 11) is 0. The van der Waals surface area contributed by atoms with Gasteiger partial charge >= 0.3 is 0 Å². The quantitative estimate of drug-likeness (QED) is 0.780. The summed E-state index contributed by atoms with van der Waals surface area (Å²) in [6.45, 7) is 3.27. The Labute approximate surface area is 113 Å². The van der Waals surface area contributed by atoms with Crippen LogP contribution >= 0.6 is 12.4 Å². The van der Waals surface area contributed by atoms with Crippen molar-refractivity contribution in [1.82, 2.24) is 0 Å². The average Bonchev–Trinajstić information content (AvgIpc) is 2.27. The molecule has 0 spiro atoms. The van der Waals surface area contributed by atoms with Crippen molar-refractivity contribution in [1.29, 1.82) is 0 Å². The zero-order valence-corrected chi connectivity index (χ0v) is 11.2. The maximum Gasteiger partial charge on any atom is 0.241 e. The molecule has 0 heterocycles. The van der Waals surface area contributed by atoms with Gasteiger partial charge in [0.15, 0.2) is 0 Å². The summed E-state index contributed by atoms with van der Waals surface area (Å²) in [4.78, 5) is 22.4.